The standard InChI is InChI=1S/C26H38ClN5O2.C2H6/c1-6-21(27)13-22(18(3)30-23(9-7-12-28)17(2)20(5)33)19(4)31-25(14-24(29)34)32-15-26(16-32)10-8-11-26;1-2/h6-7,9,12-14,17-18,30,33H,5,8,10-11,15-16,28H2,1-4H3,(H2,29,34);1-2H3/b12-7-,21-6+,22-13-,23-9+,25-14+,31-19+;. The first-order valence-electron chi connectivity index (χ1n) is 12.6. The summed E-state index contributed by atoms with van der Waals surface area (Å²) in [7, 11) is 0. The van der Waals surface area contributed by atoms with E-state index in [1.54, 1.807) is 18.2 Å². The number of nitrogens with zero attached hydrogens (tertiary/aromatic N) is 2. The van der Waals surface area contributed by atoms with Gasteiger partial charge in [-0.25, -0.2) is 4.99 Å². The van der Waals surface area contributed by atoms with Crippen LogP contribution in [0, 0.1) is 11.3 Å². The largest absolute Gasteiger partial charge is 0.512 e. The Hall–Kier alpha value is -2.93. The summed E-state index contributed by atoms with van der Waals surface area (Å²) in [4.78, 5) is 18.6. The number of allylic oxidation sites excluding steroid dienone is 5. The second-order valence-electron chi connectivity index (χ2n) is 9.17. The number of nitrogens with one attached hydrogen (secondary N) is 1. The number of nitrogens with two attached hydrogens (primary N) is 2. The number of aliphatic imine (C=N–C) groups is 1. The maximum atomic E-state index is 11.7. The molecule has 2 rings (SSSR count). The van der Waals surface area contributed by atoms with Gasteiger partial charge in [0.25, 0.3) is 0 Å². The average molecular weight is 518 g/mol. The van der Waals surface area contributed by atoms with E-state index >= 15 is 0 Å². The van der Waals surface area contributed by atoms with Crippen LogP contribution >= 0.6 is 11.6 Å². The Kier molecular flexibility index (Phi) is 12.6. The molecule has 2 atom stereocenters. The van der Waals surface area contributed by atoms with Crippen LogP contribution in [0.15, 0.2) is 76.0 Å². The van der Waals surface area contributed by atoms with Gasteiger partial charge in [-0.3, -0.25) is 4.79 Å². The average Bonchev–Trinajstić information content (AvgIpc) is 2.78. The lowest BCUT2D eigenvalue weighted by Crippen LogP contribution is -2.58. The molecule has 8 heteroatoms. The van der Waals surface area contributed by atoms with Crippen LogP contribution in [0.5, 0.6) is 0 Å². The maximum Gasteiger partial charge on any atom is 0.245 e. The summed E-state index contributed by atoms with van der Waals surface area (Å²) in [6.45, 7) is 17.0. The Labute approximate surface area is 222 Å². The van der Waals surface area contributed by atoms with Crippen molar-refractivity contribution in [3.8, 4) is 0 Å². The first-order chi connectivity index (χ1) is 17.0. The summed E-state index contributed by atoms with van der Waals surface area (Å²) in [5.41, 5.74) is 13.6. The summed E-state index contributed by atoms with van der Waals surface area (Å²) >= 11 is 6.37. The minimum absolute atomic E-state index is 0.0353. The molecule has 1 spiro atoms. The summed E-state index contributed by atoms with van der Waals surface area (Å²) < 4.78 is 0. The van der Waals surface area contributed by atoms with Crippen molar-refractivity contribution in [1.29, 1.82) is 0 Å². The highest BCUT2D eigenvalue weighted by Gasteiger charge is 2.48. The Morgan fingerprint density at radius 2 is 1.86 bits per heavy atom. The van der Waals surface area contributed by atoms with E-state index in [0.717, 1.165) is 24.4 Å². The van der Waals surface area contributed by atoms with Crippen LogP contribution in [0.25, 0.3) is 0 Å². The van der Waals surface area contributed by atoms with Crippen LogP contribution in [-0.4, -0.2) is 40.8 Å². The molecule has 200 valence electrons. The highest BCUT2D eigenvalue weighted by atomic mass is 35.5. The lowest BCUT2D eigenvalue weighted by molar-refractivity contribution is -0.113. The van der Waals surface area contributed by atoms with Crippen molar-refractivity contribution in [1.82, 2.24) is 10.2 Å². The predicted molar refractivity (Wildman–Crippen MR) is 152 cm³/mol. The molecule has 1 saturated carbocycles. The molecule has 1 saturated heterocycles. The molecule has 6 N–H and O–H groups in total. The maximum absolute atomic E-state index is 11.7. The number of primary amides is 1. The monoisotopic (exact) mass is 517 g/mol. The fourth-order valence-corrected chi connectivity index (χ4v) is 4.35. The van der Waals surface area contributed by atoms with Crippen molar-refractivity contribution in [2.24, 2.45) is 27.8 Å². The molecule has 0 aromatic heterocycles. The zero-order valence-electron chi connectivity index (χ0n) is 22.6. The number of hydrogen-bond donors (Lipinski definition) is 4. The first-order valence-corrected chi connectivity index (χ1v) is 13.0. The first kappa shape index (κ1) is 31.1. The lowest BCUT2D eigenvalue weighted by atomic mass is 9.63. The molecule has 7 nitrogen and oxygen atoms in total. The molecule has 2 aliphatic rings. The molecule has 0 aromatic carbocycles. The molecule has 2 fully saturated rings. The van der Waals surface area contributed by atoms with Crippen LogP contribution in [0.2, 0.25) is 0 Å². The number of carbonyl (C=O) groups is 1. The minimum Gasteiger partial charge on any atom is -0.512 e. The molecule has 1 heterocycles. The van der Waals surface area contributed by atoms with Gasteiger partial charge in [-0.1, -0.05) is 44.5 Å². The third-order valence-corrected chi connectivity index (χ3v) is 6.86. The van der Waals surface area contributed by atoms with Gasteiger partial charge in [0.15, 0.2) is 0 Å². The number of hydrogen-bond acceptors (Lipinski definition) is 6. The summed E-state index contributed by atoms with van der Waals surface area (Å²) in [5, 5.41) is 13.9. The Morgan fingerprint density at radius 1 is 1.25 bits per heavy atom. The van der Waals surface area contributed by atoms with Crippen molar-refractivity contribution in [2.45, 2.75) is 66.8 Å². The Morgan fingerprint density at radius 3 is 2.31 bits per heavy atom. The number of aliphatic hydroxyl groups is 1. The number of halogens is 1. The van der Waals surface area contributed by atoms with Crippen molar-refractivity contribution >= 4 is 23.2 Å². The van der Waals surface area contributed by atoms with E-state index in [9.17, 15) is 9.90 Å². The normalized spacial score (nSPS) is 20.2. The highest BCUT2D eigenvalue weighted by molar-refractivity contribution is 6.31. The molecule has 2 unspecified atom stereocenters. The Balaban J connectivity index is 0.00000316. The van der Waals surface area contributed by atoms with Crippen LogP contribution in [0.3, 0.4) is 0 Å². The molecule has 0 radical (unpaired) electrons. The predicted octanol–water partition coefficient (Wildman–Crippen LogP) is 5.40. The highest BCUT2D eigenvalue weighted by Crippen LogP contribution is 2.49. The molecule has 1 amide bonds. The number of carbonyl (C=O) groups excluding carboxylic acids is 1. The second-order valence-corrected chi connectivity index (χ2v) is 9.61. The summed E-state index contributed by atoms with van der Waals surface area (Å²) in [6.07, 6.45) is 13.6. The molecule has 1 aliphatic heterocycles. The number of rotatable bonds is 11. The van der Waals surface area contributed by atoms with Gasteiger partial charge >= 0.3 is 0 Å². The second kappa shape index (κ2) is 14.6. The molecule has 0 aromatic rings. The van der Waals surface area contributed by atoms with Crippen LogP contribution < -0.4 is 16.8 Å². The van der Waals surface area contributed by atoms with Crippen molar-refractivity contribution < 1.29 is 9.90 Å². The SMILES string of the molecule is C=C(O)C(C)/C(=C\C=C/N)NC(C)C(=C/C(Cl)=C\C)/C(C)=N/C(=C\C(N)=O)N1CC2(CCC2)C1.CC. The zero-order chi connectivity index (χ0) is 27.5. The van der Waals surface area contributed by atoms with Crippen molar-refractivity contribution in [3.05, 3.63) is 71.0 Å². The van der Waals surface area contributed by atoms with E-state index in [-0.39, 0.29) is 17.7 Å². The van der Waals surface area contributed by atoms with Gasteiger partial charge in [0.2, 0.25) is 5.91 Å². The summed E-state index contributed by atoms with van der Waals surface area (Å²) in [5.74, 6) is -0.262. The van der Waals surface area contributed by atoms with E-state index in [4.69, 9.17) is 28.1 Å². The number of aliphatic hydroxyl groups excluding tert-OH is 1. The smallest absolute Gasteiger partial charge is 0.245 e. The van der Waals surface area contributed by atoms with Gasteiger partial charge in [-0.15, -0.1) is 0 Å². The molecular weight excluding hydrogens is 474 g/mol. The number of likely N-dealkylation sites (tertiary alicyclic amines) is 1. The van der Waals surface area contributed by atoms with Gasteiger partial charge in [-0.05, 0) is 70.5 Å². The van der Waals surface area contributed by atoms with Gasteiger partial charge < -0.3 is 26.8 Å². The van der Waals surface area contributed by atoms with E-state index in [0.29, 0.717) is 22.0 Å². The van der Waals surface area contributed by atoms with E-state index in [1.165, 1.54) is 31.5 Å². The van der Waals surface area contributed by atoms with E-state index in [2.05, 4.69) is 16.8 Å². The number of amides is 1. The van der Waals surface area contributed by atoms with Crippen LogP contribution in [0.1, 0.15) is 60.8 Å². The summed E-state index contributed by atoms with van der Waals surface area (Å²) in [6, 6.07) is -0.235. The van der Waals surface area contributed by atoms with Gasteiger partial charge in [-0.2, -0.15) is 0 Å². The molecule has 1 aliphatic carbocycles. The fraction of sp³-hybridized carbons (Fsp3) is 0.500. The lowest BCUT2D eigenvalue weighted by Gasteiger charge is -2.56. The molecular formula is C28H44ClN5O2. The van der Waals surface area contributed by atoms with Gasteiger partial charge in [0.05, 0.1) is 17.7 Å². The van der Waals surface area contributed by atoms with Gasteiger partial charge in [0, 0.05) is 41.0 Å². The molecule has 36 heavy (non-hydrogen) atoms. The zero-order valence-corrected chi connectivity index (χ0v) is 23.4. The third-order valence-electron chi connectivity index (χ3n) is 6.53. The van der Waals surface area contributed by atoms with E-state index in [1.807, 2.05) is 47.6 Å². The van der Waals surface area contributed by atoms with Crippen molar-refractivity contribution in [2.75, 3.05) is 13.1 Å². The quantitative estimate of drug-likeness (QED) is 0.127. The Bertz CT molecular complexity index is 962. The third kappa shape index (κ3) is 8.63. The van der Waals surface area contributed by atoms with E-state index < -0.39 is 5.91 Å². The minimum atomic E-state index is -0.529. The molecule has 0 bridgehead atoms. The fourth-order valence-electron chi connectivity index (χ4n) is 4.23. The van der Waals surface area contributed by atoms with Gasteiger partial charge in [0.1, 0.15) is 5.82 Å². The van der Waals surface area contributed by atoms with Crippen molar-refractivity contribution in [3.63, 3.8) is 0 Å². The van der Waals surface area contributed by atoms with Crippen LogP contribution in [0.4, 0.5) is 0 Å². The van der Waals surface area contributed by atoms with Crippen LogP contribution in [-0.2, 0) is 4.79 Å². The topological polar surface area (TPSA) is 117 Å².